The Hall–Kier alpha value is -0.920. The Morgan fingerprint density at radius 2 is 2.00 bits per heavy atom. The first-order valence-corrected chi connectivity index (χ1v) is 5.55. The highest BCUT2D eigenvalue weighted by Crippen LogP contribution is 2.35. The van der Waals surface area contributed by atoms with Gasteiger partial charge in [0.25, 0.3) is 0 Å². The molecule has 2 heteroatoms. The summed E-state index contributed by atoms with van der Waals surface area (Å²) < 4.78 is 2.08. The highest BCUT2D eigenvalue weighted by atomic mass is 15.4. The Bertz CT molecular complexity index is 275. The first-order valence-electron chi connectivity index (χ1n) is 5.55. The molecule has 1 fully saturated rings. The minimum Gasteiger partial charge on any atom is -0.323 e. The van der Waals surface area contributed by atoms with Gasteiger partial charge in [0, 0.05) is 18.4 Å². The van der Waals surface area contributed by atoms with Crippen molar-refractivity contribution in [1.29, 1.82) is 0 Å². The molecular weight excluding hydrogens is 172 g/mol. The standard InChI is InChI=1S/C12H20N2/c1-12(2)7-5-6-11(10-12)13-14-8-3-4-9-14/h3-4,8-9,11,13H,5-7,10H2,1-2H3. The molecule has 2 nitrogen and oxygen atoms in total. The van der Waals surface area contributed by atoms with E-state index in [9.17, 15) is 0 Å². The second kappa shape index (κ2) is 3.68. The van der Waals surface area contributed by atoms with Crippen LogP contribution in [0.1, 0.15) is 39.5 Å². The molecule has 1 heterocycles. The lowest BCUT2D eigenvalue weighted by Crippen LogP contribution is -2.35. The summed E-state index contributed by atoms with van der Waals surface area (Å²) in [6.45, 7) is 4.74. The fourth-order valence-electron chi connectivity index (χ4n) is 2.44. The van der Waals surface area contributed by atoms with Gasteiger partial charge in [-0.15, -0.1) is 0 Å². The van der Waals surface area contributed by atoms with Gasteiger partial charge in [-0.2, -0.15) is 0 Å². The molecule has 0 aliphatic heterocycles. The summed E-state index contributed by atoms with van der Waals surface area (Å²) in [5.41, 5.74) is 4.05. The van der Waals surface area contributed by atoms with Crippen LogP contribution in [0.25, 0.3) is 0 Å². The summed E-state index contributed by atoms with van der Waals surface area (Å²) >= 11 is 0. The Kier molecular flexibility index (Phi) is 2.53. The van der Waals surface area contributed by atoms with E-state index < -0.39 is 0 Å². The van der Waals surface area contributed by atoms with E-state index in [0.717, 1.165) is 0 Å². The smallest absolute Gasteiger partial charge is 0.0429 e. The van der Waals surface area contributed by atoms with Crippen molar-refractivity contribution < 1.29 is 0 Å². The molecule has 1 aromatic rings. The van der Waals surface area contributed by atoms with Gasteiger partial charge in [-0.05, 0) is 36.8 Å². The van der Waals surface area contributed by atoms with Crippen molar-refractivity contribution in [1.82, 2.24) is 4.68 Å². The third-order valence-corrected chi connectivity index (χ3v) is 3.14. The summed E-state index contributed by atoms with van der Waals surface area (Å²) in [6.07, 6.45) is 9.46. The normalized spacial score (nSPS) is 26.0. The van der Waals surface area contributed by atoms with Crippen molar-refractivity contribution in [3.63, 3.8) is 0 Å². The van der Waals surface area contributed by atoms with E-state index in [-0.39, 0.29) is 0 Å². The second-order valence-corrected chi connectivity index (χ2v) is 5.18. The molecule has 1 aliphatic rings. The van der Waals surface area contributed by atoms with Gasteiger partial charge in [0.2, 0.25) is 0 Å². The molecule has 0 spiro atoms. The summed E-state index contributed by atoms with van der Waals surface area (Å²) in [4.78, 5) is 0. The molecule has 1 atom stereocenters. The fourth-order valence-corrected chi connectivity index (χ4v) is 2.44. The molecule has 1 saturated carbocycles. The van der Waals surface area contributed by atoms with E-state index in [1.54, 1.807) is 0 Å². The van der Waals surface area contributed by atoms with Crippen molar-refractivity contribution in [2.75, 3.05) is 5.43 Å². The van der Waals surface area contributed by atoms with Crippen molar-refractivity contribution in [2.24, 2.45) is 5.41 Å². The molecule has 1 unspecified atom stereocenters. The number of aromatic nitrogens is 1. The molecule has 0 radical (unpaired) electrons. The molecule has 0 amide bonds. The molecule has 14 heavy (non-hydrogen) atoms. The minimum atomic E-state index is 0.517. The average Bonchev–Trinajstić information content (AvgIpc) is 2.54. The van der Waals surface area contributed by atoms with Gasteiger partial charge >= 0.3 is 0 Å². The van der Waals surface area contributed by atoms with Crippen LogP contribution < -0.4 is 5.43 Å². The van der Waals surface area contributed by atoms with Crippen LogP contribution in [0.15, 0.2) is 24.5 Å². The van der Waals surface area contributed by atoms with Crippen molar-refractivity contribution >= 4 is 0 Å². The van der Waals surface area contributed by atoms with Crippen LogP contribution in [-0.2, 0) is 0 Å². The SMILES string of the molecule is CC1(C)CCCC(Nn2cccc2)C1. The maximum absolute atomic E-state index is 3.53. The summed E-state index contributed by atoms with van der Waals surface area (Å²) in [7, 11) is 0. The number of rotatable bonds is 2. The van der Waals surface area contributed by atoms with Gasteiger partial charge < -0.3 is 5.43 Å². The topological polar surface area (TPSA) is 17.0 Å². The highest BCUT2D eigenvalue weighted by molar-refractivity contribution is 4.97. The Labute approximate surface area is 86.3 Å². The van der Waals surface area contributed by atoms with Gasteiger partial charge in [0.15, 0.2) is 0 Å². The van der Waals surface area contributed by atoms with E-state index in [1.165, 1.54) is 25.7 Å². The zero-order chi connectivity index (χ0) is 10.0. The summed E-state index contributed by atoms with van der Waals surface area (Å²) in [5.74, 6) is 0. The number of nitrogens with zero attached hydrogens (tertiary/aromatic N) is 1. The molecule has 2 rings (SSSR count). The monoisotopic (exact) mass is 192 g/mol. The third kappa shape index (κ3) is 2.31. The molecule has 1 aromatic heterocycles. The van der Waals surface area contributed by atoms with E-state index in [0.29, 0.717) is 11.5 Å². The van der Waals surface area contributed by atoms with Gasteiger partial charge in [0.05, 0.1) is 0 Å². The van der Waals surface area contributed by atoms with Crippen molar-refractivity contribution in [2.45, 2.75) is 45.6 Å². The molecule has 0 bridgehead atoms. The second-order valence-electron chi connectivity index (χ2n) is 5.18. The number of nitrogens with one attached hydrogen (secondary N) is 1. The van der Waals surface area contributed by atoms with Crippen LogP contribution in [0, 0.1) is 5.41 Å². The maximum Gasteiger partial charge on any atom is 0.0429 e. The van der Waals surface area contributed by atoms with Gasteiger partial charge in [-0.1, -0.05) is 20.3 Å². The third-order valence-electron chi connectivity index (χ3n) is 3.14. The van der Waals surface area contributed by atoms with Crippen LogP contribution in [0.5, 0.6) is 0 Å². The Balaban J connectivity index is 1.92. The first kappa shape index (κ1) is 9.63. The molecule has 1 aliphatic carbocycles. The molecular formula is C12H20N2. The lowest BCUT2D eigenvalue weighted by Gasteiger charge is -2.36. The Morgan fingerprint density at radius 3 is 2.64 bits per heavy atom. The fraction of sp³-hybridized carbons (Fsp3) is 0.667. The van der Waals surface area contributed by atoms with Crippen LogP contribution in [-0.4, -0.2) is 10.7 Å². The minimum absolute atomic E-state index is 0.517. The van der Waals surface area contributed by atoms with E-state index in [2.05, 4.69) is 48.5 Å². The maximum atomic E-state index is 3.53. The average molecular weight is 192 g/mol. The van der Waals surface area contributed by atoms with Crippen LogP contribution >= 0.6 is 0 Å². The van der Waals surface area contributed by atoms with Crippen molar-refractivity contribution in [3.05, 3.63) is 24.5 Å². The van der Waals surface area contributed by atoms with Gasteiger partial charge in [-0.25, -0.2) is 0 Å². The van der Waals surface area contributed by atoms with Gasteiger partial charge in [-0.3, -0.25) is 4.68 Å². The number of hydrogen-bond donors (Lipinski definition) is 1. The molecule has 0 aromatic carbocycles. The van der Waals surface area contributed by atoms with E-state index in [1.807, 2.05) is 0 Å². The van der Waals surface area contributed by atoms with E-state index >= 15 is 0 Å². The number of hydrogen-bond acceptors (Lipinski definition) is 1. The van der Waals surface area contributed by atoms with Crippen LogP contribution in [0.3, 0.4) is 0 Å². The predicted molar refractivity (Wildman–Crippen MR) is 59.8 cm³/mol. The first-order chi connectivity index (χ1) is 6.66. The van der Waals surface area contributed by atoms with Crippen LogP contribution in [0.2, 0.25) is 0 Å². The molecule has 1 N–H and O–H groups in total. The Morgan fingerprint density at radius 1 is 1.29 bits per heavy atom. The molecule has 78 valence electrons. The predicted octanol–water partition coefficient (Wildman–Crippen LogP) is 3.00. The summed E-state index contributed by atoms with van der Waals surface area (Å²) in [6, 6.07) is 4.76. The lowest BCUT2D eigenvalue weighted by atomic mass is 9.75. The largest absolute Gasteiger partial charge is 0.323 e. The summed E-state index contributed by atoms with van der Waals surface area (Å²) in [5, 5.41) is 0. The lowest BCUT2D eigenvalue weighted by molar-refractivity contribution is 0.223. The zero-order valence-corrected chi connectivity index (χ0v) is 9.16. The van der Waals surface area contributed by atoms with Crippen molar-refractivity contribution in [3.8, 4) is 0 Å². The zero-order valence-electron chi connectivity index (χ0n) is 9.16. The molecule has 0 saturated heterocycles. The highest BCUT2D eigenvalue weighted by Gasteiger charge is 2.27. The van der Waals surface area contributed by atoms with Gasteiger partial charge in [0.1, 0.15) is 0 Å². The van der Waals surface area contributed by atoms with E-state index in [4.69, 9.17) is 0 Å². The quantitative estimate of drug-likeness (QED) is 0.762. The van der Waals surface area contributed by atoms with Crippen LogP contribution in [0.4, 0.5) is 0 Å².